The number of carbonyl (C=O) groups is 1. The van der Waals surface area contributed by atoms with Crippen LogP contribution in [0.2, 0.25) is 5.02 Å². The van der Waals surface area contributed by atoms with E-state index < -0.39 is 5.54 Å². The molecule has 3 N–H and O–H groups in total. The van der Waals surface area contributed by atoms with E-state index in [2.05, 4.69) is 5.32 Å². The minimum atomic E-state index is -0.652. The van der Waals surface area contributed by atoms with Crippen LogP contribution in [0.3, 0.4) is 0 Å². The Balaban J connectivity index is 3.04. The monoisotopic (exact) mass is 298 g/mol. The van der Waals surface area contributed by atoms with Gasteiger partial charge in [-0.05, 0) is 37.5 Å². The minimum absolute atomic E-state index is 0.249. The lowest BCUT2D eigenvalue weighted by Crippen LogP contribution is -2.56. The van der Waals surface area contributed by atoms with Crippen molar-refractivity contribution in [2.75, 3.05) is 0 Å². The molecule has 0 aliphatic heterocycles. The fraction of sp³-hybridized carbons (Fsp3) is 0.429. The molecular weight excluding hydrogens is 280 g/mol. The smallest absolute Gasteiger partial charge is 0.253 e. The van der Waals surface area contributed by atoms with Crippen LogP contribution < -0.4 is 11.1 Å². The van der Waals surface area contributed by atoms with Crippen LogP contribution in [0.15, 0.2) is 18.2 Å². The van der Waals surface area contributed by atoms with Gasteiger partial charge >= 0.3 is 0 Å². The van der Waals surface area contributed by atoms with Crippen molar-refractivity contribution >= 4 is 34.7 Å². The number of rotatable bonds is 5. The van der Waals surface area contributed by atoms with Crippen LogP contribution >= 0.6 is 23.8 Å². The van der Waals surface area contributed by atoms with Crippen molar-refractivity contribution in [2.45, 2.75) is 39.2 Å². The van der Waals surface area contributed by atoms with Gasteiger partial charge in [-0.3, -0.25) is 4.79 Å². The summed E-state index contributed by atoms with van der Waals surface area (Å²) in [7, 11) is 0. The van der Waals surface area contributed by atoms with Gasteiger partial charge in [0.25, 0.3) is 5.91 Å². The predicted octanol–water partition coefficient (Wildman–Crippen LogP) is 3.22. The number of hydrogen-bond donors (Lipinski definition) is 2. The lowest BCUT2D eigenvalue weighted by molar-refractivity contribution is 0.0920. The Bertz CT molecular complexity index is 498. The minimum Gasteiger partial charge on any atom is -0.391 e. The van der Waals surface area contributed by atoms with E-state index in [0.29, 0.717) is 28.4 Å². The van der Waals surface area contributed by atoms with E-state index >= 15 is 0 Å². The van der Waals surface area contributed by atoms with Crippen molar-refractivity contribution in [3.63, 3.8) is 0 Å². The molecule has 1 rings (SSSR count). The van der Waals surface area contributed by atoms with Gasteiger partial charge in [0.2, 0.25) is 0 Å². The average molecular weight is 299 g/mol. The fourth-order valence-corrected chi connectivity index (χ4v) is 2.59. The van der Waals surface area contributed by atoms with Gasteiger partial charge in [0, 0.05) is 0 Å². The average Bonchev–Trinajstić information content (AvgIpc) is 2.35. The number of amides is 1. The van der Waals surface area contributed by atoms with E-state index in [-0.39, 0.29) is 5.91 Å². The molecule has 0 bridgehead atoms. The van der Waals surface area contributed by atoms with Crippen LogP contribution in [0.1, 0.15) is 42.6 Å². The number of aryl methyl sites for hydroxylation is 1. The highest BCUT2D eigenvalue weighted by Crippen LogP contribution is 2.21. The van der Waals surface area contributed by atoms with Crippen LogP contribution in [0.5, 0.6) is 0 Å². The molecule has 0 saturated heterocycles. The van der Waals surface area contributed by atoms with E-state index in [1.165, 1.54) is 0 Å². The van der Waals surface area contributed by atoms with E-state index in [1.807, 2.05) is 26.8 Å². The molecule has 0 aromatic heterocycles. The molecule has 104 valence electrons. The van der Waals surface area contributed by atoms with Gasteiger partial charge in [-0.1, -0.05) is 43.7 Å². The first-order chi connectivity index (χ1) is 8.86. The lowest BCUT2D eigenvalue weighted by Gasteiger charge is -2.31. The zero-order valence-electron chi connectivity index (χ0n) is 11.4. The third-order valence-corrected chi connectivity index (χ3v) is 4.10. The molecule has 19 heavy (non-hydrogen) atoms. The molecule has 0 fully saturated rings. The van der Waals surface area contributed by atoms with E-state index in [0.717, 1.165) is 5.56 Å². The summed E-state index contributed by atoms with van der Waals surface area (Å²) in [6.45, 7) is 5.81. The first kappa shape index (κ1) is 15.9. The zero-order chi connectivity index (χ0) is 14.6. The normalized spacial score (nSPS) is 11.2. The van der Waals surface area contributed by atoms with Crippen LogP contribution in [-0.4, -0.2) is 16.4 Å². The third kappa shape index (κ3) is 3.45. The second-order valence-electron chi connectivity index (χ2n) is 4.59. The predicted molar refractivity (Wildman–Crippen MR) is 83.8 cm³/mol. The van der Waals surface area contributed by atoms with E-state index in [4.69, 9.17) is 29.6 Å². The molecule has 5 heteroatoms. The molecular formula is C14H19ClN2OS. The molecule has 0 aliphatic carbocycles. The van der Waals surface area contributed by atoms with Crippen LogP contribution in [0, 0.1) is 6.92 Å². The summed E-state index contributed by atoms with van der Waals surface area (Å²) in [6.07, 6.45) is 1.29. The second-order valence-corrected chi connectivity index (χ2v) is 5.44. The van der Waals surface area contributed by atoms with Crippen molar-refractivity contribution in [3.8, 4) is 0 Å². The van der Waals surface area contributed by atoms with Gasteiger partial charge < -0.3 is 11.1 Å². The number of benzene rings is 1. The fourth-order valence-electron chi connectivity index (χ4n) is 1.93. The number of hydrogen-bond acceptors (Lipinski definition) is 2. The van der Waals surface area contributed by atoms with Crippen molar-refractivity contribution in [1.29, 1.82) is 0 Å². The number of nitrogens with two attached hydrogens (primary N) is 1. The molecule has 0 heterocycles. The summed E-state index contributed by atoms with van der Waals surface area (Å²) in [6, 6.07) is 5.32. The third-order valence-electron chi connectivity index (χ3n) is 3.40. The lowest BCUT2D eigenvalue weighted by atomic mass is 9.92. The summed E-state index contributed by atoms with van der Waals surface area (Å²) in [5.74, 6) is -0.249. The first-order valence-electron chi connectivity index (χ1n) is 6.25. The van der Waals surface area contributed by atoms with E-state index in [9.17, 15) is 4.79 Å². The highest BCUT2D eigenvalue weighted by molar-refractivity contribution is 7.80. The molecule has 1 aromatic carbocycles. The standard InChI is InChI=1S/C14H19ClN2OS/c1-4-14(5-2,13(16)19)17-12(18)10-7-6-9(3)8-11(10)15/h6-8H,4-5H2,1-3H3,(H2,16,19)(H,17,18). The summed E-state index contributed by atoms with van der Waals surface area (Å²) in [5.41, 5.74) is 6.56. The SMILES string of the molecule is CCC(CC)(NC(=O)c1ccc(C)cc1Cl)C(N)=S. The Morgan fingerprint density at radius 3 is 2.42 bits per heavy atom. The topological polar surface area (TPSA) is 55.1 Å². The molecule has 0 aliphatic rings. The molecule has 1 amide bonds. The van der Waals surface area contributed by atoms with Gasteiger partial charge in [-0.15, -0.1) is 0 Å². The Hall–Kier alpha value is -1.13. The quantitative estimate of drug-likeness (QED) is 0.821. The van der Waals surface area contributed by atoms with Crippen molar-refractivity contribution in [2.24, 2.45) is 5.73 Å². The van der Waals surface area contributed by atoms with Crippen molar-refractivity contribution < 1.29 is 4.79 Å². The van der Waals surface area contributed by atoms with Crippen LogP contribution in [0.4, 0.5) is 0 Å². The number of nitrogens with one attached hydrogen (secondary N) is 1. The Kier molecular flexibility index (Phi) is 5.32. The maximum atomic E-state index is 12.3. The maximum absolute atomic E-state index is 12.3. The van der Waals surface area contributed by atoms with Crippen LogP contribution in [0.25, 0.3) is 0 Å². The Morgan fingerprint density at radius 1 is 1.42 bits per heavy atom. The largest absolute Gasteiger partial charge is 0.391 e. The van der Waals surface area contributed by atoms with Gasteiger partial charge in [0.05, 0.1) is 21.1 Å². The van der Waals surface area contributed by atoms with Gasteiger partial charge in [0.15, 0.2) is 0 Å². The number of thiocarbonyl (C=S) groups is 1. The van der Waals surface area contributed by atoms with Crippen molar-refractivity contribution in [1.82, 2.24) is 5.32 Å². The second kappa shape index (κ2) is 6.35. The van der Waals surface area contributed by atoms with Crippen molar-refractivity contribution in [3.05, 3.63) is 34.3 Å². The molecule has 0 spiro atoms. The maximum Gasteiger partial charge on any atom is 0.253 e. The molecule has 0 unspecified atom stereocenters. The Labute approximate surface area is 124 Å². The zero-order valence-corrected chi connectivity index (χ0v) is 13.0. The van der Waals surface area contributed by atoms with E-state index in [1.54, 1.807) is 12.1 Å². The van der Waals surface area contributed by atoms with Crippen LogP contribution in [-0.2, 0) is 0 Å². The molecule has 0 saturated carbocycles. The van der Waals surface area contributed by atoms with Gasteiger partial charge in [-0.25, -0.2) is 0 Å². The summed E-state index contributed by atoms with van der Waals surface area (Å²) in [4.78, 5) is 12.6. The van der Waals surface area contributed by atoms with Gasteiger partial charge in [0.1, 0.15) is 0 Å². The Morgan fingerprint density at radius 2 is 2.00 bits per heavy atom. The highest BCUT2D eigenvalue weighted by Gasteiger charge is 2.32. The summed E-state index contributed by atoms with van der Waals surface area (Å²) >= 11 is 11.2. The summed E-state index contributed by atoms with van der Waals surface area (Å²) in [5, 5.41) is 3.35. The molecule has 0 atom stereocenters. The molecule has 0 radical (unpaired) electrons. The number of halogens is 1. The summed E-state index contributed by atoms with van der Waals surface area (Å²) < 4.78 is 0. The molecule has 1 aromatic rings. The first-order valence-corrected chi connectivity index (χ1v) is 7.03. The van der Waals surface area contributed by atoms with Gasteiger partial charge in [-0.2, -0.15) is 0 Å². The number of carbonyl (C=O) groups excluding carboxylic acids is 1. The highest BCUT2D eigenvalue weighted by atomic mass is 35.5. The molecule has 3 nitrogen and oxygen atoms in total.